The quantitative estimate of drug-likeness (QED) is 0.586. The third-order valence-corrected chi connectivity index (χ3v) is 4.87. The van der Waals surface area contributed by atoms with E-state index in [0.29, 0.717) is 31.5 Å². The van der Waals surface area contributed by atoms with Crippen molar-refractivity contribution in [2.45, 2.75) is 23.2 Å². The first kappa shape index (κ1) is 20.4. The monoisotopic (exact) mass is 386 g/mol. The Kier molecular flexibility index (Phi) is 6.75. The molecule has 0 aliphatic carbocycles. The number of thioether (sulfide) groups is 1. The Hall–Kier alpha value is -1.96. The molecule has 1 heterocycles. The van der Waals surface area contributed by atoms with Crippen molar-refractivity contribution in [1.82, 2.24) is 9.80 Å². The summed E-state index contributed by atoms with van der Waals surface area (Å²) in [5.41, 5.74) is -3.66. The fraction of sp³-hybridized carbons (Fsp3) is 0.444. The van der Waals surface area contributed by atoms with Crippen LogP contribution in [-0.4, -0.2) is 54.3 Å². The molecule has 1 aliphatic rings. The standard InChI is InChI=1S/C18H21F3N2O2S/c1-22(2)17(25)14-9-11-23(12-10-14)16(24)8-5-13-3-6-15(7-4-13)26-18(19,20)21/h3-8,14H,9-12H2,1-2H3/b8-5+. The van der Waals surface area contributed by atoms with Crippen molar-refractivity contribution in [3.05, 3.63) is 35.9 Å². The highest BCUT2D eigenvalue weighted by molar-refractivity contribution is 8.00. The third kappa shape index (κ3) is 6.09. The van der Waals surface area contributed by atoms with Gasteiger partial charge >= 0.3 is 5.51 Å². The van der Waals surface area contributed by atoms with E-state index in [-0.39, 0.29) is 34.4 Å². The lowest BCUT2D eigenvalue weighted by molar-refractivity contribution is -0.137. The lowest BCUT2D eigenvalue weighted by Crippen LogP contribution is -2.42. The minimum absolute atomic E-state index is 0.0447. The topological polar surface area (TPSA) is 40.6 Å². The highest BCUT2D eigenvalue weighted by Crippen LogP contribution is 2.36. The molecule has 0 saturated carbocycles. The van der Waals surface area contributed by atoms with Crippen LogP contribution in [0.3, 0.4) is 0 Å². The molecule has 4 nitrogen and oxygen atoms in total. The summed E-state index contributed by atoms with van der Waals surface area (Å²) in [5, 5.41) is 0. The van der Waals surface area contributed by atoms with Crippen molar-refractivity contribution in [2.24, 2.45) is 5.92 Å². The molecule has 0 bridgehead atoms. The average molecular weight is 386 g/mol. The van der Waals surface area contributed by atoms with E-state index < -0.39 is 5.51 Å². The number of carbonyl (C=O) groups is 2. The first-order chi connectivity index (χ1) is 12.2. The zero-order valence-electron chi connectivity index (χ0n) is 14.6. The summed E-state index contributed by atoms with van der Waals surface area (Å²) in [6.45, 7) is 1.04. The number of rotatable bonds is 4. The van der Waals surface area contributed by atoms with Crippen LogP contribution < -0.4 is 0 Å². The summed E-state index contributed by atoms with van der Waals surface area (Å²) in [6, 6.07) is 5.83. The van der Waals surface area contributed by atoms with Crippen LogP contribution in [0, 0.1) is 5.92 Å². The van der Waals surface area contributed by atoms with E-state index in [1.807, 2.05) is 0 Å². The van der Waals surface area contributed by atoms with Gasteiger partial charge in [-0.2, -0.15) is 13.2 Å². The van der Waals surface area contributed by atoms with Gasteiger partial charge in [-0.15, -0.1) is 0 Å². The zero-order chi connectivity index (χ0) is 19.3. The van der Waals surface area contributed by atoms with Crippen LogP contribution in [0.2, 0.25) is 0 Å². The van der Waals surface area contributed by atoms with Crippen LogP contribution in [0.15, 0.2) is 35.2 Å². The van der Waals surface area contributed by atoms with Crippen molar-refractivity contribution in [3.8, 4) is 0 Å². The van der Waals surface area contributed by atoms with Crippen LogP contribution in [-0.2, 0) is 9.59 Å². The molecule has 2 rings (SSSR count). The second-order valence-electron chi connectivity index (χ2n) is 6.28. The van der Waals surface area contributed by atoms with Gasteiger partial charge in [0.25, 0.3) is 0 Å². The molecular weight excluding hydrogens is 365 g/mol. The molecule has 1 saturated heterocycles. The van der Waals surface area contributed by atoms with Crippen LogP contribution in [0.5, 0.6) is 0 Å². The number of piperidine rings is 1. The SMILES string of the molecule is CN(C)C(=O)C1CCN(C(=O)/C=C/c2ccc(SC(F)(F)F)cc2)CC1. The second-order valence-corrected chi connectivity index (χ2v) is 7.42. The third-order valence-electron chi connectivity index (χ3n) is 4.13. The molecule has 26 heavy (non-hydrogen) atoms. The molecule has 1 aliphatic heterocycles. The molecule has 8 heteroatoms. The predicted octanol–water partition coefficient (Wildman–Crippen LogP) is 3.64. The van der Waals surface area contributed by atoms with E-state index in [1.54, 1.807) is 42.1 Å². The van der Waals surface area contributed by atoms with E-state index in [2.05, 4.69) is 0 Å². The molecule has 2 amide bonds. The van der Waals surface area contributed by atoms with Crippen LogP contribution in [0.4, 0.5) is 13.2 Å². The van der Waals surface area contributed by atoms with E-state index in [4.69, 9.17) is 0 Å². The van der Waals surface area contributed by atoms with Gasteiger partial charge in [0, 0.05) is 44.1 Å². The summed E-state index contributed by atoms with van der Waals surface area (Å²) in [4.78, 5) is 27.5. The summed E-state index contributed by atoms with van der Waals surface area (Å²) >= 11 is -0.169. The number of hydrogen-bond acceptors (Lipinski definition) is 3. The number of carbonyl (C=O) groups excluding carboxylic acids is 2. The fourth-order valence-electron chi connectivity index (χ4n) is 2.77. The molecular formula is C18H21F3N2O2S. The highest BCUT2D eigenvalue weighted by Gasteiger charge is 2.29. The maximum Gasteiger partial charge on any atom is 0.446 e. The minimum Gasteiger partial charge on any atom is -0.349 e. The van der Waals surface area contributed by atoms with Crippen LogP contribution >= 0.6 is 11.8 Å². The summed E-state index contributed by atoms with van der Waals surface area (Å²) < 4.78 is 36.9. The molecule has 0 spiro atoms. The van der Waals surface area contributed by atoms with Crippen molar-refractivity contribution in [1.29, 1.82) is 0 Å². The molecule has 1 aromatic carbocycles. The molecule has 0 unspecified atom stereocenters. The summed E-state index contributed by atoms with van der Waals surface area (Å²) in [6.07, 6.45) is 4.28. The lowest BCUT2D eigenvalue weighted by atomic mass is 9.95. The zero-order valence-corrected chi connectivity index (χ0v) is 15.4. The van der Waals surface area contributed by atoms with Gasteiger partial charge in [-0.3, -0.25) is 9.59 Å². The summed E-state index contributed by atoms with van der Waals surface area (Å²) in [7, 11) is 3.45. The lowest BCUT2D eigenvalue weighted by Gasteiger charge is -2.31. The maximum atomic E-state index is 12.3. The molecule has 0 N–H and O–H groups in total. The van der Waals surface area contributed by atoms with Crippen molar-refractivity contribution < 1.29 is 22.8 Å². The van der Waals surface area contributed by atoms with E-state index in [0.717, 1.165) is 0 Å². The van der Waals surface area contributed by atoms with Gasteiger partial charge in [0.2, 0.25) is 11.8 Å². The first-order valence-electron chi connectivity index (χ1n) is 8.19. The molecule has 0 aromatic heterocycles. The summed E-state index contributed by atoms with van der Waals surface area (Å²) in [5.74, 6) is -0.115. The first-order valence-corrected chi connectivity index (χ1v) is 9.01. The second kappa shape index (κ2) is 8.62. The Morgan fingerprint density at radius 2 is 1.73 bits per heavy atom. The molecule has 1 aromatic rings. The Morgan fingerprint density at radius 1 is 1.15 bits per heavy atom. The molecule has 142 valence electrons. The molecule has 0 atom stereocenters. The van der Waals surface area contributed by atoms with Crippen LogP contribution in [0.1, 0.15) is 18.4 Å². The van der Waals surface area contributed by atoms with Gasteiger partial charge in [0.1, 0.15) is 0 Å². The van der Waals surface area contributed by atoms with Gasteiger partial charge in [0.15, 0.2) is 0 Å². The van der Waals surface area contributed by atoms with Gasteiger partial charge in [0.05, 0.1) is 0 Å². The number of likely N-dealkylation sites (tertiary alicyclic amines) is 1. The van der Waals surface area contributed by atoms with Gasteiger partial charge in [-0.1, -0.05) is 12.1 Å². The number of benzene rings is 1. The molecule has 0 radical (unpaired) electrons. The van der Waals surface area contributed by atoms with E-state index in [9.17, 15) is 22.8 Å². The fourth-order valence-corrected chi connectivity index (χ4v) is 3.30. The number of nitrogens with zero attached hydrogens (tertiary/aromatic N) is 2. The van der Waals surface area contributed by atoms with Gasteiger partial charge in [-0.05, 0) is 48.4 Å². The smallest absolute Gasteiger partial charge is 0.349 e. The van der Waals surface area contributed by atoms with Crippen molar-refractivity contribution in [3.63, 3.8) is 0 Å². The Balaban J connectivity index is 1.87. The van der Waals surface area contributed by atoms with Crippen molar-refractivity contribution in [2.75, 3.05) is 27.2 Å². The minimum atomic E-state index is -4.31. The number of amides is 2. The largest absolute Gasteiger partial charge is 0.446 e. The van der Waals surface area contributed by atoms with Gasteiger partial charge < -0.3 is 9.80 Å². The highest BCUT2D eigenvalue weighted by atomic mass is 32.2. The Morgan fingerprint density at radius 3 is 2.23 bits per heavy atom. The maximum absolute atomic E-state index is 12.3. The van der Waals surface area contributed by atoms with E-state index in [1.165, 1.54) is 18.2 Å². The Bertz CT molecular complexity index is 664. The number of alkyl halides is 3. The Labute approximate surface area is 155 Å². The van der Waals surface area contributed by atoms with Crippen LogP contribution in [0.25, 0.3) is 6.08 Å². The van der Waals surface area contributed by atoms with Crippen molar-refractivity contribution >= 4 is 29.7 Å². The van der Waals surface area contributed by atoms with Gasteiger partial charge in [-0.25, -0.2) is 0 Å². The normalized spacial score (nSPS) is 16.1. The average Bonchev–Trinajstić information content (AvgIpc) is 2.59. The van der Waals surface area contributed by atoms with E-state index >= 15 is 0 Å². The predicted molar refractivity (Wildman–Crippen MR) is 95.4 cm³/mol. The molecule has 1 fully saturated rings. The number of halogens is 3. The number of hydrogen-bond donors (Lipinski definition) is 0.